The molecule has 0 aliphatic heterocycles. The molecule has 2 N–H and O–H groups in total. The summed E-state index contributed by atoms with van der Waals surface area (Å²) in [6.07, 6.45) is -3.02. The van der Waals surface area contributed by atoms with Crippen molar-refractivity contribution in [2.24, 2.45) is 7.05 Å². The zero-order valence-electron chi connectivity index (χ0n) is 9.27. The van der Waals surface area contributed by atoms with Crippen LogP contribution in [-0.4, -0.2) is 14.8 Å². The molecule has 4 nitrogen and oxygen atoms in total. The van der Waals surface area contributed by atoms with E-state index in [1.54, 1.807) is 7.05 Å². The Balaban J connectivity index is 2.29. The molecular formula is C10H9F3N4S. The van der Waals surface area contributed by atoms with Crippen LogP contribution in [0.15, 0.2) is 34.6 Å². The number of nitrogens with two attached hydrogens (primary N) is 1. The van der Waals surface area contributed by atoms with E-state index in [-0.39, 0.29) is 5.69 Å². The van der Waals surface area contributed by atoms with Gasteiger partial charge < -0.3 is 5.73 Å². The largest absolute Gasteiger partial charge is 0.416 e. The van der Waals surface area contributed by atoms with E-state index in [9.17, 15) is 13.2 Å². The Morgan fingerprint density at radius 3 is 2.56 bits per heavy atom. The lowest BCUT2D eigenvalue weighted by Crippen LogP contribution is -2.06. The van der Waals surface area contributed by atoms with Crippen molar-refractivity contribution in [3.8, 4) is 0 Å². The molecule has 0 saturated carbocycles. The Kier molecular flexibility index (Phi) is 3.20. The van der Waals surface area contributed by atoms with Crippen molar-refractivity contribution in [1.29, 1.82) is 0 Å². The molecule has 0 fully saturated rings. The fourth-order valence-corrected chi connectivity index (χ4v) is 2.08. The lowest BCUT2D eigenvalue weighted by molar-refractivity contribution is -0.137. The highest BCUT2D eigenvalue weighted by molar-refractivity contribution is 7.99. The molecule has 0 aliphatic carbocycles. The van der Waals surface area contributed by atoms with Crippen LogP contribution in [0.25, 0.3) is 0 Å². The highest BCUT2D eigenvalue weighted by atomic mass is 32.2. The van der Waals surface area contributed by atoms with Gasteiger partial charge in [-0.25, -0.2) is 9.67 Å². The quantitative estimate of drug-likeness (QED) is 0.855. The van der Waals surface area contributed by atoms with Crippen molar-refractivity contribution in [2.45, 2.75) is 16.2 Å². The SMILES string of the molecule is Cn1ncnc1Sc1ccc(C(F)(F)F)cc1N. The number of benzene rings is 1. The molecule has 2 aromatic rings. The maximum absolute atomic E-state index is 12.5. The Bertz CT molecular complexity index is 564. The van der Waals surface area contributed by atoms with Gasteiger partial charge in [0, 0.05) is 17.6 Å². The minimum atomic E-state index is -4.39. The number of anilines is 1. The topological polar surface area (TPSA) is 56.7 Å². The smallest absolute Gasteiger partial charge is 0.398 e. The van der Waals surface area contributed by atoms with Gasteiger partial charge in [0.1, 0.15) is 6.33 Å². The lowest BCUT2D eigenvalue weighted by atomic mass is 10.2. The number of nitrogens with zero attached hydrogens (tertiary/aromatic N) is 3. The van der Waals surface area contributed by atoms with Crippen molar-refractivity contribution in [1.82, 2.24) is 14.8 Å². The standard InChI is InChI=1S/C10H9F3N4S/c1-17-9(15-5-16-17)18-8-3-2-6(4-7(8)14)10(11,12)13/h2-5H,14H2,1H3. The first-order valence-electron chi connectivity index (χ1n) is 4.86. The second-order valence-electron chi connectivity index (χ2n) is 3.52. The van der Waals surface area contributed by atoms with Gasteiger partial charge in [0.15, 0.2) is 5.16 Å². The van der Waals surface area contributed by atoms with E-state index in [0.29, 0.717) is 10.1 Å². The van der Waals surface area contributed by atoms with E-state index >= 15 is 0 Å². The molecule has 0 atom stereocenters. The highest BCUT2D eigenvalue weighted by Gasteiger charge is 2.30. The third-order valence-electron chi connectivity index (χ3n) is 2.21. The van der Waals surface area contributed by atoms with Crippen LogP contribution in [-0.2, 0) is 13.2 Å². The molecule has 0 saturated heterocycles. The molecule has 0 aliphatic rings. The summed E-state index contributed by atoms with van der Waals surface area (Å²) in [4.78, 5) is 4.47. The Morgan fingerprint density at radius 1 is 1.33 bits per heavy atom. The molecule has 18 heavy (non-hydrogen) atoms. The number of hydrogen-bond acceptors (Lipinski definition) is 4. The molecule has 0 radical (unpaired) electrons. The van der Waals surface area contributed by atoms with E-state index in [0.717, 1.165) is 23.9 Å². The van der Waals surface area contributed by atoms with Gasteiger partial charge in [-0.3, -0.25) is 0 Å². The lowest BCUT2D eigenvalue weighted by Gasteiger charge is -2.10. The summed E-state index contributed by atoms with van der Waals surface area (Å²) in [6, 6.07) is 3.24. The van der Waals surface area contributed by atoms with Crippen molar-refractivity contribution in [3.63, 3.8) is 0 Å². The summed E-state index contributed by atoms with van der Waals surface area (Å²) in [5, 5.41) is 4.42. The summed E-state index contributed by atoms with van der Waals surface area (Å²) in [6.45, 7) is 0. The van der Waals surface area contributed by atoms with Crippen LogP contribution in [0, 0.1) is 0 Å². The van der Waals surface area contributed by atoms with Gasteiger partial charge in [-0.2, -0.15) is 18.3 Å². The minimum Gasteiger partial charge on any atom is -0.398 e. The van der Waals surface area contributed by atoms with Gasteiger partial charge in [0.2, 0.25) is 0 Å². The van der Waals surface area contributed by atoms with Crippen LogP contribution in [0.1, 0.15) is 5.56 Å². The second-order valence-corrected chi connectivity index (χ2v) is 4.53. The zero-order valence-corrected chi connectivity index (χ0v) is 10.1. The third kappa shape index (κ3) is 2.58. The summed E-state index contributed by atoms with van der Waals surface area (Å²) in [5.41, 5.74) is 4.91. The third-order valence-corrected chi connectivity index (χ3v) is 3.35. The Morgan fingerprint density at radius 2 is 2.06 bits per heavy atom. The number of rotatable bonds is 2. The maximum Gasteiger partial charge on any atom is 0.416 e. The number of halogens is 3. The number of aryl methyl sites for hydroxylation is 1. The molecule has 8 heteroatoms. The first-order chi connectivity index (χ1) is 8.38. The maximum atomic E-state index is 12.5. The van der Waals surface area contributed by atoms with Crippen LogP contribution < -0.4 is 5.73 Å². The van der Waals surface area contributed by atoms with Crippen molar-refractivity contribution in [3.05, 3.63) is 30.1 Å². The normalized spacial score (nSPS) is 11.8. The highest BCUT2D eigenvalue weighted by Crippen LogP contribution is 2.36. The zero-order chi connectivity index (χ0) is 13.3. The summed E-state index contributed by atoms with van der Waals surface area (Å²) < 4.78 is 38.9. The molecule has 1 aromatic carbocycles. The number of aromatic nitrogens is 3. The van der Waals surface area contributed by atoms with E-state index < -0.39 is 11.7 Å². The van der Waals surface area contributed by atoms with E-state index in [1.165, 1.54) is 17.1 Å². The molecule has 2 rings (SSSR count). The van der Waals surface area contributed by atoms with Gasteiger partial charge in [0.05, 0.1) is 5.56 Å². The van der Waals surface area contributed by atoms with Crippen LogP contribution in [0.2, 0.25) is 0 Å². The van der Waals surface area contributed by atoms with Gasteiger partial charge in [-0.05, 0) is 30.0 Å². The fraction of sp³-hybridized carbons (Fsp3) is 0.200. The van der Waals surface area contributed by atoms with Crippen molar-refractivity contribution < 1.29 is 13.2 Å². The van der Waals surface area contributed by atoms with Crippen LogP contribution in [0.4, 0.5) is 18.9 Å². The monoisotopic (exact) mass is 274 g/mol. The van der Waals surface area contributed by atoms with Crippen molar-refractivity contribution in [2.75, 3.05) is 5.73 Å². The average Bonchev–Trinajstić information content (AvgIpc) is 2.66. The van der Waals surface area contributed by atoms with Crippen molar-refractivity contribution >= 4 is 17.4 Å². The number of alkyl halides is 3. The predicted octanol–water partition coefficient (Wildman–Crippen LogP) is 2.57. The molecule has 96 valence electrons. The molecule has 0 spiro atoms. The summed E-state index contributed by atoms with van der Waals surface area (Å²) in [5.74, 6) is 0. The van der Waals surface area contributed by atoms with Crippen LogP contribution in [0.3, 0.4) is 0 Å². The first-order valence-corrected chi connectivity index (χ1v) is 5.68. The summed E-state index contributed by atoms with van der Waals surface area (Å²) >= 11 is 1.16. The number of hydrogen-bond donors (Lipinski definition) is 1. The van der Waals surface area contributed by atoms with E-state index in [1.807, 2.05) is 0 Å². The minimum absolute atomic E-state index is 0.0674. The molecule has 0 unspecified atom stereocenters. The van der Waals surface area contributed by atoms with Gasteiger partial charge in [0.25, 0.3) is 0 Å². The average molecular weight is 274 g/mol. The van der Waals surface area contributed by atoms with E-state index in [4.69, 9.17) is 5.73 Å². The molecule has 1 aromatic heterocycles. The Labute approximate surface area is 105 Å². The predicted molar refractivity (Wildman–Crippen MR) is 61.0 cm³/mol. The Hall–Kier alpha value is -1.70. The molecular weight excluding hydrogens is 265 g/mol. The first kappa shape index (κ1) is 12.7. The molecule has 0 amide bonds. The number of nitrogen functional groups attached to an aromatic ring is 1. The van der Waals surface area contributed by atoms with Crippen LogP contribution >= 0.6 is 11.8 Å². The van der Waals surface area contributed by atoms with Gasteiger partial charge in [-0.15, -0.1) is 0 Å². The fourth-order valence-electron chi connectivity index (χ4n) is 1.29. The molecule has 0 bridgehead atoms. The van der Waals surface area contributed by atoms with Gasteiger partial charge in [-0.1, -0.05) is 0 Å². The van der Waals surface area contributed by atoms with Gasteiger partial charge >= 0.3 is 6.18 Å². The van der Waals surface area contributed by atoms with E-state index in [2.05, 4.69) is 10.1 Å². The summed E-state index contributed by atoms with van der Waals surface area (Å²) in [7, 11) is 1.69. The second kappa shape index (κ2) is 4.52. The van der Waals surface area contributed by atoms with Crippen LogP contribution in [0.5, 0.6) is 0 Å². The molecule has 1 heterocycles.